The van der Waals surface area contributed by atoms with Gasteiger partial charge >= 0.3 is 0 Å². The molecule has 0 unspecified atom stereocenters. The maximum Gasteiger partial charge on any atom is 0.128 e. The van der Waals surface area contributed by atoms with E-state index < -0.39 is 0 Å². The Morgan fingerprint density at radius 1 is 0.636 bits per heavy atom. The van der Waals surface area contributed by atoms with Crippen LogP contribution in [-0.2, 0) is 0 Å². The molecule has 0 saturated carbocycles. The third-order valence-corrected chi connectivity index (χ3v) is 2.62. The van der Waals surface area contributed by atoms with Crippen molar-refractivity contribution in [3.8, 4) is 0 Å². The Balaban J connectivity index is 0.000001000. The number of rotatable bonds is 0. The van der Waals surface area contributed by atoms with E-state index in [1.165, 1.54) is 35.1 Å². The quantitative estimate of drug-likeness (QED) is 0.352. The zero-order chi connectivity index (χ0) is 7.83. The summed E-state index contributed by atoms with van der Waals surface area (Å²) < 4.78 is 2.42. The SMILES string of the molecule is C[N+]1(C)CC[N+](C)(C)CC1.[Cl-]. The fraction of sp³-hybridized carbons (Fsp3) is 1.00. The second-order valence-corrected chi connectivity index (χ2v) is 4.77. The largest absolute Gasteiger partial charge is 1.00 e. The van der Waals surface area contributed by atoms with Crippen LogP contribution in [0.1, 0.15) is 0 Å². The molecule has 0 N–H and O–H groups in total. The van der Waals surface area contributed by atoms with Crippen molar-refractivity contribution in [1.29, 1.82) is 0 Å². The molecule has 0 aromatic heterocycles. The molecule has 1 aliphatic rings. The highest BCUT2D eigenvalue weighted by Crippen LogP contribution is 2.09. The van der Waals surface area contributed by atoms with E-state index in [0.717, 1.165) is 0 Å². The van der Waals surface area contributed by atoms with E-state index in [2.05, 4.69) is 28.2 Å². The minimum absolute atomic E-state index is 0. The van der Waals surface area contributed by atoms with Crippen LogP contribution in [0.3, 0.4) is 0 Å². The summed E-state index contributed by atoms with van der Waals surface area (Å²) >= 11 is 0. The van der Waals surface area contributed by atoms with Crippen molar-refractivity contribution in [3.63, 3.8) is 0 Å². The summed E-state index contributed by atoms with van der Waals surface area (Å²) in [5.41, 5.74) is 0. The van der Waals surface area contributed by atoms with Gasteiger partial charge in [0.1, 0.15) is 26.2 Å². The normalized spacial score (nSPS) is 27.3. The second-order valence-electron chi connectivity index (χ2n) is 4.77. The zero-order valence-electron chi connectivity index (χ0n) is 8.10. The smallest absolute Gasteiger partial charge is 0.128 e. The van der Waals surface area contributed by atoms with Gasteiger partial charge in [-0.3, -0.25) is 0 Å². The monoisotopic (exact) mass is 179 g/mol. The van der Waals surface area contributed by atoms with Crippen molar-refractivity contribution in [3.05, 3.63) is 0 Å². The lowest BCUT2D eigenvalue weighted by molar-refractivity contribution is -0.998. The Bertz CT molecular complexity index is 104. The van der Waals surface area contributed by atoms with Crippen LogP contribution in [0.25, 0.3) is 0 Å². The van der Waals surface area contributed by atoms with E-state index in [9.17, 15) is 0 Å². The Hall–Kier alpha value is 0.210. The molecular formula is C8H20ClN2+. The standard InChI is InChI=1S/C8H20N2.ClH/c1-9(2)5-7-10(3,4)8-6-9;/h5-8H2,1-4H3;1H/q+2;/p-1. The van der Waals surface area contributed by atoms with Gasteiger partial charge in [0.15, 0.2) is 0 Å². The summed E-state index contributed by atoms with van der Waals surface area (Å²) in [6, 6.07) is 0. The van der Waals surface area contributed by atoms with Crippen LogP contribution in [0, 0.1) is 0 Å². The molecule has 0 aromatic rings. The maximum atomic E-state index is 2.32. The molecule has 11 heavy (non-hydrogen) atoms. The van der Waals surface area contributed by atoms with Gasteiger partial charge in [0.05, 0.1) is 28.2 Å². The Morgan fingerprint density at radius 2 is 0.818 bits per heavy atom. The van der Waals surface area contributed by atoms with Crippen LogP contribution >= 0.6 is 0 Å². The van der Waals surface area contributed by atoms with E-state index in [1.54, 1.807) is 0 Å². The topological polar surface area (TPSA) is 0 Å². The first-order valence-corrected chi connectivity index (χ1v) is 4.05. The molecule has 1 aliphatic heterocycles. The fourth-order valence-corrected chi connectivity index (χ4v) is 1.31. The zero-order valence-corrected chi connectivity index (χ0v) is 8.86. The molecule has 3 heteroatoms. The number of piperazine rings is 1. The summed E-state index contributed by atoms with van der Waals surface area (Å²) in [5.74, 6) is 0. The molecule has 0 atom stereocenters. The molecule has 68 valence electrons. The van der Waals surface area contributed by atoms with Crippen molar-refractivity contribution in [2.45, 2.75) is 0 Å². The number of hydrogen-bond donors (Lipinski definition) is 0. The minimum atomic E-state index is 0. The second kappa shape index (κ2) is 3.30. The average Bonchev–Trinajstić information content (AvgIpc) is 1.79. The number of likely N-dealkylation sites (N-methyl/N-ethyl adjacent to an activating group) is 2. The van der Waals surface area contributed by atoms with Crippen LogP contribution in [0.4, 0.5) is 0 Å². The number of halogens is 1. The summed E-state index contributed by atoms with van der Waals surface area (Å²) in [5, 5.41) is 0. The highest BCUT2D eigenvalue weighted by atomic mass is 35.5. The van der Waals surface area contributed by atoms with E-state index in [4.69, 9.17) is 0 Å². The van der Waals surface area contributed by atoms with Crippen molar-refractivity contribution in [2.75, 3.05) is 54.4 Å². The van der Waals surface area contributed by atoms with Gasteiger partial charge in [-0.05, 0) is 0 Å². The summed E-state index contributed by atoms with van der Waals surface area (Å²) in [7, 11) is 9.27. The van der Waals surface area contributed by atoms with Crippen molar-refractivity contribution in [2.24, 2.45) is 0 Å². The number of nitrogens with zero attached hydrogens (tertiary/aromatic N) is 2. The van der Waals surface area contributed by atoms with Crippen LogP contribution in [0.2, 0.25) is 0 Å². The van der Waals surface area contributed by atoms with E-state index in [1.807, 2.05) is 0 Å². The van der Waals surface area contributed by atoms with E-state index in [-0.39, 0.29) is 12.4 Å². The van der Waals surface area contributed by atoms with Crippen LogP contribution in [0.15, 0.2) is 0 Å². The van der Waals surface area contributed by atoms with E-state index >= 15 is 0 Å². The highest BCUT2D eigenvalue weighted by Gasteiger charge is 2.30. The average molecular weight is 180 g/mol. The first-order chi connectivity index (χ1) is 4.41. The Labute approximate surface area is 76.4 Å². The van der Waals surface area contributed by atoms with Crippen LogP contribution in [-0.4, -0.2) is 63.3 Å². The predicted octanol–water partition coefficient (Wildman–Crippen LogP) is -2.84. The molecule has 1 heterocycles. The molecular weight excluding hydrogens is 160 g/mol. The van der Waals surface area contributed by atoms with Gasteiger partial charge in [0, 0.05) is 0 Å². The maximum absolute atomic E-state index is 2.32. The molecule has 1 fully saturated rings. The fourth-order valence-electron chi connectivity index (χ4n) is 1.31. The summed E-state index contributed by atoms with van der Waals surface area (Å²) in [6.45, 7) is 5.31. The van der Waals surface area contributed by atoms with Crippen molar-refractivity contribution >= 4 is 0 Å². The van der Waals surface area contributed by atoms with Gasteiger partial charge in [-0.25, -0.2) is 0 Å². The molecule has 0 spiro atoms. The van der Waals surface area contributed by atoms with Gasteiger partial charge < -0.3 is 21.4 Å². The summed E-state index contributed by atoms with van der Waals surface area (Å²) in [4.78, 5) is 0. The summed E-state index contributed by atoms with van der Waals surface area (Å²) in [6.07, 6.45) is 0. The third kappa shape index (κ3) is 3.41. The van der Waals surface area contributed by atoms with Crippen LogP contribution in [0.5, 0.6) is 0 Å². The molecule has 0 amide bonds. The first-order valence-electron chi connectivity index (χ1n) is 4.05. The third-order valence-electron chi connectivity index (χ3n) is 2.62. The lowest BCUT2D eigenvalue weighted by Gasteiger charge is -2.42. The van der Waals surface area contributed by atoms with Gasteiger partial charge in [-0.2, -0.15) is 0 Å². The first kappa shape index (κ1) is 11.2. The Kier molecular flexibility index (Phi) is 3.36. The molecule has 0 aliphatic carbocycles. The van der Waals surface area contributed by atoms with E-state index in [0.29, 0.717) is 0 Å². The minimum Gasteiger partial charge on any atom is -1.00 e. The molecule has 0 radical (unpaired) electrons. The molecule has 1 rings (SSSR count). The van der Waals surface area contributed by atoms with Crippen LogP contribution < -0.4 is 12.4 Å². The number of hydrogen-bond acceptors (Lipinski definition) is 0. The lowest BCUT2D eigenvalue weighted by atomic mass is 10.2. The van der Waals surface area contributed by atoms with Gasteiger partial charge in [-0.15, -0.1) is 0 Å². The predicted molar refractivity (Wildman–Crippen MR) is 43.7 cm³/mol. The molecule has 0 aromatic carbocycles. The van der Waals surface area contributed by atoms with Crippen molar-refractivity contribution in [1.82, 2.24) is 0 Å². The Morgan fingerprint density at radius 3 is 1.00 bits per heavy atom. The highest BCUT2D eigenvalue weighted by molar-refractivity contribution is 4.43. The molecule has 1 saturated heterocycles. The molecule has 0 bridgehead atoms. The molecule has 2 nitrogen and oxygen atoms in total. The van der Waals surface area contributed by atoms with Crippen molar-refractivity contribution < 1.29 is 21.4 Å². The van der Waals surface area contributed by atoms with Gasteiger partial charge in [0.25, 0.3) is 0 Å². The lowest BCUT2D eigenvalue weighted by Crippen LogP contribution is -3.00. The number of quaternary nitrogens is 2. The van der Waals surface area contributed by atoms with Gasteiger partial charge in [-0.1, -0.05) is 0 Å². The van der Waals surface area contributed by atoms with Gasteiger partial charge in [0.2, 0.25) is 0 Å².